The molecule has 4 heterocycles. The van der Waals surface area contributed by atoms with Crippen LogP contribution < -0.4 is 19.1 Å². The van der Waals surface area contributed by atoms with Crippen LogP contribution in [0, 0.1) is 11.8 Å². The van der Waals surface area contributed by atoms with Gasteiger partial charge >= 0.3 is 0 Å². The molecule has 0 aromatic heterocycles. The first kappa shape index (κ1) is 22.6. The van der Waals surface area contributed by atoms with Crippen molar-refractivity contribution >= 4 is 29.4 Å². The summed E-state index contributed by atoms with van der Waals surface area (Å²) >= 11 is 0. The zero-order valence-corrected chi connectivity index (χ0v) is 20.6. The molecule has 7 rings (SSSR count). The maximum Gasteiger partial charge on any atom is 0.240 e. The molecule has 0 aliphatic carbocycles. The standard InChI is InChI=1S/C30H24N2O6/c1-36-20-9-6-18(7-10-20)28(33)27-25-24(26-21-5-3-2-4-17(21)12-13-31(26)27)29(34)32(30(25)35)19-8-11-22-23(16-19)38-15-14-37-22/h2-13,16,24-27H,14-15H2,1H3/t24-,25+,26-,27-/m0/s1. The van der Waals surface area contributed by atoms with Crippen molar-refractivity contribution in [2.45, 2.75) is 12.1 Å². The van der Waals surface area contributed by atoms with Crippen LogP contribution in [-0.2, 0) is 9.59 Å². The summed E-state index contributed by atoms with van der Waals surface area (Å²) in [4.78, 5) is 45.3. The molecule has 0 bridgehead atoms. The molecule has 0 saturated carbocycles. The van der Waals surface area contributed by atoms with Crippen LogP contribution in [0.1, 0.15) is 27.5 Å². The summed E-state index contributed by atoms with van der Waals surface area (Å²) < 4.78 is 16.6. The molecule has 2 amide bonds. The van der Waals surface area contributed by atoms with Crippen molar-refractivity contribution in [3.05, 3.63) is 89.6 Å². The van der Waals surface area contributed by atoms with E-state index < -0.39 is 23.9 Å². The van der Waals surface area contributed by atoms with E-state index in [0.29, 0.717) is 41.7 Å². The van der Waals surface area contributed by atoms with E-state index >= 15 is 0 Å². The first-order valence-electron chi connectivity index (χ1n) is 12.6. The first-order chi connectivity index (χ1) is 18.6. The fraction of sp³-hybridized carbons (Fsp3) is 0.233. The Balaban J connectivity index is 1.33. The molecule has 3 aromatic carbocycles. The van der Waals surface area contributed by atoms with Crippen molar-refractivity contribution in [1.29, 1.82) is 0 Å². The summed E-state index contributed by atoms with van der Waals surface area (Å²) in [6, 6.07) is 18.5. The SMILES string of the molecule is COc1ccc(C(=O)[C@@H]2[C@@H]3C(=O)N(c4ccc5c(c4)OCCO5)C(=O)[C@@H]3[C@@H]3c4ccccc4C=CN23)cc1. The normalized spacial score (nSPS) is 24.7. The monoisotopic (exact) mass is 508 g/mol. The highest BCUT2D eigenvalue weighted by Crippen LogP contribution is 2.54. The van der Waals surface area contributed by atoms with Gasteiger partial charge in [0.05, 0.1) is 30.7 Å². The fourth-order valence-corrected chi connectivity index (χ4v) is 6.21. The molecule has 0 radical (unpaired) electrons. The van der Waals surface area contributed by atoms with Gasteiger partial charge in [-0.25, -0.2) is 4.90 Å². The molecule has 0 unspecified atom stereocenters. The highest BCUT2D eigenvalue weighted by Gasteiger charge is 2.64. The number of ketones is 1. The Hall–Kier alpha value is -4.59. The fourth-order valence-electron chi connectivity index (χ4n) is 6.21. The van der Waals surface area contributed by atoms with Gasteiger partial charge in [0.25, 0.3) is 0 Å². The summed E-state index contributed by atoms with van der Waals surface area (Å²) in [6.07, 6.45) is 3.79. The van der Waals surface area contributed by atoms with E-state index in [2.05, 4.69) is 0 Å². The van der Waals surface area contributed by atoms with E-state index in [1.165, 1.54) is 4.90 Å². The van der Waals surface area contributed by atoms with E-state index in [9.17, 15) is 14.4 Å². The Morgan fingerprint density at radius 1 is 0.895 bits per heavy atom. The molecular weight excluding hydrogens is 484 g/mol. The maximum atomic E-state index is 14.1. The van der Waals surface area contributed by atoms with Crippen LogP contribution in [0.4, 0.5) is 5.69 Å². The van der Waals surface area contributed by atoms with Crippen LogP contribution in [0.25, 0.3) is 6.08 Å². The van der Waals surface area contributed by atoms with Gasteiger partial charge in [-0.2, -0.15) is 0 Å². The van der Waals surface area contributed by atoms with Gasteiger partial charge < -0.3 is 19.1 Å². The summed E-state index contributed by atoms with van der Waals surface area (Å²) in [5, 5.41) is 0. The van der Waals surface area contributed by atoms with Crippen LogP contribution in [0.5, 0.6) is 17.2 Å². The molecule has 3 aromatic rings. The predicted molar refractivity (Wildman–Crippen MR) is 138 cm³/mol. The summed E-state index contributed by atoms with van der Waals surface area (Å²) in [5.74, 6) is -0.772. The van der Waals surface area contributed by atoms with Gasteiger partial charge in [0.1, 0.15) is 25.0 Å². The number of carbonyl (C=O) groups is 3. The molecule has 8 nitrogen and oxygen atoms in total. The predicted octanol–water partition coefficient (Wildman–Crippen LogP) is 3.86. The number of ether oxygens (including phenoxy) is 3. The topological polar surface area (TPSA) is 85.4 Å². The van der Waals surface area contributed by atoms with Crippen LogP contribution in [-0.4, -0.2) is 48.9 Å². The number of fused-ring (bicyclic) bond motifs is 6. The molecule has 4 atom stereocenters. The minimum absolute atomic E-state index is 0.209. The molecule has 4 aliphatic heterocycles. The lowest BCUT2D eigenvalue weighted by Gasteiger charge is -2.35. The molecule has 38 heavy (non-hydrogen) atoms. The number of methoxy groups -OCH3 is 1. The van der Waals surface area contributed by atoms with E-state index in [4.69, 9.17) is 14.2 Å². The summed E-state index contributed by atoms with van der Waals surface area (Å²) in [6.45, 7) is 0.833. The van der Waals surface area contributed by atoms with Crippen molar-refractivity contribution in [2.75, 3.05) is 25.2 Å². The molecule has 0 spiro atoms. The van der Waals surface area contributed by atoms with Gasteiger partial charge in [-0.05, 0) is 53.6 Å². The highest BCUT2D eigenvalue weighted by atomic mass is 16.6. The van der Waals surface area contributed by atoms with Crippen LogP contribution in [0.2, 0.25) is 0 Å². The number of rotatable bonds is 4. The average molecular weight is 509 g/mol. The summed E-state index contributed by atoms with van der Waals surface area (Å²) in [5.41, 5.74) is 2.78. The Bertz CT molecular complexity index is 1510. The van der Waals surface area contributed by atoms with Crippen molar-refractivity contribution in [3.63, 3.8) is 0 Å². The van der Waals surface area contributed by atoms with Gasteiger partial charge in [0.2, 0.25) is 11.8 Å². The molecule has 4 aliphatic rings. The lowest BCUT2D eigenvalue weighted by molar-refractivity contribution is -0.123. The minimum atomic E-state index is -0.842. The Morgan fingerprint density at radius 3 is 2.42 bits per heavy atom. The van der Waals surface area contributed by atoms with Gasteiger partial charge in [0.15, 0.2) is 17.3 Å². The van der Waals surface area contributed by atoms with Crippen LogP contribution >= 0.6 is 0 Å². The van der Waals surface area contributed by atoms with Crippen LogP contribution in [0.15, 0.2) is 72.9 Å². The second-order valence-corrected chi connectivity index (χ2v) is 9.77. The van der Waals surface area contributed by atoms with Crippen LogP contribution in [0.3, 0.4) is 0 Å². The number of anilines is 1. The number of Topliss-reactive ketones (excluding diaryl/α,β-unsaturated/α-hetero) is 1. The van der Waals surface area contributed by atoms with E-state index in [-0.39, 0.29) is 17.6 Å². The molecule has 190 valence electrons. The van der Waals surface area contributed by atoms with Gasteiger partial charge in [0, 0.05) is 17.8 Å². The van der Waals surface area contributed by atoms with E-state index in [1.54, 1.807) is 49.6 Å². The zero-order chi connectivity index (χ0) is 26.0. The molecular formula is C30H24N2O6. The second-order valence-electron chi connectivity index (χ2n) is 9.77. The Kier molecular flexibility index (Phi) is 5.04. The number of hydrogen-bond donors (Lipinski definition) is 0. The Morgan fingerprint density at radius 2 is 1.63 bits per heavy atom. The lowest BCUT2D eigenvalue weighted by Crippen LogP contribution is -2.44. The van der Waals surface area contributed by atoms with Crippen molar-refractivity contribution in [2.24, 2.45) is 11.8 Å². The summed E-state index contributed by atoms with van der Waals surface area (Å²) in [7, 11) is 1.56. The largest absolute Gasteiger partial charge is 0.497 e. The Labute approximate surface area is 219 Å². The quantitative estimate of drug-likeness (QED) is 0.391. The van der Waals surface area contributed by atoms with E-state index in [0.717, 1.165) is 11.1 Å². The third-order valence-electron chi connectivity index (χ3n) is 7.89. The van der Waals surface area contributed by atoms with Gasteiger partial charge in [-0.3, -0.25) is 14.4 Å². The average Bonchev–Trinajstić information content (AvgIpc) is 3.44. The number of carbonyl (C=O) groups excluding carboxylic acids is 3. The molecule has 8 heteroatoms. The van der Waals surface area contributed by atoms with Crippen molar-refractivity contribution in [3.8, 4) is 17.2 Å². The highest BCUT2D eigenvalue weighted by molar-refractivity contribution is 6.24. The number of nitrogens with zero attached hydrogens (tertiary/aromatic N) is 2. The minimum Gasteiger partial charge on any atom is -0.497 e. The first-order valence-corrected chi connectivity index (χ1v) is 12.6. The van der Waals surface area contributed by atoms with Crippen molar-refractivity contribution in [1.82, 2.24) is 4.90 Å². The lowest BCUT2D eigenvalue weighted by atomic mass is 9.83. The van der Waals surface area contributed by atoms with E-state index in [1.807, 2.05) is 41.4 Å². The second kappa shape index (κ2) is 8.48. The third-order valence-corrected chi connectivity index (χ3v) is 7.89. The number of hydrogen-bond acceptors (Lipinski definition) is 7. The van der Waals surface area contributed by atoms with Gasteiger partial charge in [-0.15, -0.1) is 0 Å². The number of imide groups is 1. The smallest absolute Gasteiger partial charge is 0.240 e. The third kappa shape index (κ3) is 3.19. The molecule has 2 saturated heterocycles. The van der Waals surface area contributed by atoms with Crippen molar-refractivity contribution < 1.29 is 28.6 Å². The van der Waals surface area contributed by atoms with Gasteiger partial charge in [-0.1, -0.05) is 24.3 Å². The number of amides is 2. The molecule has 0 N–H and O–H groups in total. The zero-order valence-electron chi connectivity index (χ0n) is 20.6. The molecule has 2 fully saturated rings. The maximum absolute atomic E-state index is 14.1. The number of benzene rings is 3.